The Labute approximate surface area is 161 Å². The Morgan fingerprint density at radius 1 is 1.07 bits per heavy atom. The molecule has 0 aromatic heterocycles. The number of Topliss-reactive ketones (excluding diaryl/α,β-unsaturated/α-hetero) is 1. The van der Waals surface area contributed by atoms with Gasteiger partial charge in [0.25, 0.3) is 0 Å². The normalized spacial score (nSPS) is 15.4. The molecular weight excluding hydrogens is 370 g/mol. The molecule has 6 heteroatoms. The van der Waals surface area contributed by atoms with Crippen LogP contribution in [-0.2, 0) is 6.18 Å². The molecule has 1 aliphatic rings. The fourth-order valence-corrected chi connectivity index (χ4v) is 3.32. The van der Waals surface area contributed by atoms with Crippen molar-refractivity contribution in [3.63, 3.8) is 0 Å². The first-order valence-electron chi connectivity index (χ1n) is 9.21. The smallest absolute Gasteiger partial charge is 0.299 e. The summed E-state index contributed by atoms with van der Waals surface area (Å²) >= 11 is 0. The first-order valence-corrected chi connectivity index (χ1v) is 9.21. The minimum Gasteiger partial charge on any atom is -0.299 e. The van der Waals surface area contributed by atoms with Gasteiger partial charge < -0.3 is 0 Å². The van der Waals surface area contributed by atoms with Gasteiger partial charge in [0.1, 0.15) is 5.82 Å². The molecule has 28 heavy (non-hydrogen) atoms. The second kappa shape index (κ2) is 8.69. The molecule has 0 atom stereocenters. The Balaban J connectivity index is 1.50. The van der Waals surface area contributed by atoms with Gasteiger partial charge in [0.2, 0.25) is 0 Å². The molecule has 3 rings (SSSR count). The van der Waals surface area contributed by atoms with E-state index in [4.69, 9.17) is 0 Å². The molecular formula is C22H21F4NO. The Kier molecular flexibility index (Phi) is 6.29. The lowest BCUT2D eigenvalue weighted by Gasteiger charge is -2.26. The average Bonchev–Trinajstić information content (AvgIpc) is 2.68. The van der Waals surface area contributed by atoms with Gasteiger partial charge in [0.05, 0.1) is 5.56 Å². The van der Waals surface area contributed by atoms with E-state index in [-0.39, 0.29) is 11.6 Å². The van der Waals surface area contributed by atoms with Crippen LogP contribution in [0.2, 0.25) is 0 Å². The fraction of sp³-hybridized carbons (Fsp3) is 0.318. The standard InChI is InChI=1S/C22H21F4NO/c23-20-8-6-17(7-9-20)21(28)5-2-12-27-13-10-16(11-14-27)18-3-1-4-19(15-18)22(24,25)26/h1,3-4,6-10,15H,2,5,11-14H2. The molecule has 1 aliphatic heterocycles. The number of ketones is 1. The van der Waals surface area contributed by atoms with Crippen molar-refractivity contribution in [2.45, 2.75) is 25.4 Å². The number of benzene rings is 2. The lowest BCUT2D eigenvalue weighted by Crippen LogP contribution is -2.29. The number of carbonyl (C=O) groups is 1. The molecule has 2 aromatic rings. The molecule has 0 N–H and O–H groups in total. The maximum atomic E-state index is 12.9. The molecule has 1 heterocycles. The highest BCUT2D eigenvalue weighted by Gasteiger charge is 2.30. The highest BCUT2D eigenvalue weighted by molar-refractivity contribution is 5.95. The molecule has 2 aromatic carbocycles. The molecule has 2 nitrogen and oxygen atoms in total. The summed E-state index contributed by atoms with van der Waals surface area (Å²) in [6.07, 6.45) is -0.641. The summed E-state index contributed by atoms with van der Waals surface area (Å²) in [6, 6.07) is 11.0. The molecule has 0 saturated carbocycles. The van der Waals surface area contributed by atoms with E-state index in [2.05, 4.69) is 4.90 Å². The van der Waals surface area contributed by atoms with Crippen molar-refractivity contribution >= 4 is 11.4 Å². The topological polar surface area (TPSA) is 20.3 Å². The van der Waals surface area contributed by atoms with Crippen LogP contribution in [0.15, 0.2) is 54.6 Å². The van der Waals surface area contributed by atoms with Crippen LogP contribution >= 0.6 is 0 Å². The molecule has 0 unspecified atom stereocenters. The number of alkyl halides is 3. The summed E-state index contributed by atoms with van der Waals surface area (Å²) in [5.74, 6) is -0.384. The molecule has 0 radical (unpaired) electrons. The van der Waals surface area contributed by atoms with Gasteiger partial charge in [-0.1, -0.05) is 18.2 Å². The van der Waals surface area contributed by atoms with Crippen molar-refractivity contribution in [3.8, 4) is 0 Å². The van der Waals surface area contributed by atoms with Crippen LogP contribution in [-0.4, -0.2) is 30.3 Å². The zero-order chi connectivity index (χ0) is 20.1. The Hall–Kier alpha value is -2.47. The summed E-state index contributed by atoms with van der Waals surface area (Å²) in [5.41, 5.74) is 1.41. The predicted octanol–water partition coefficient (Wildman–Crippen LogP) is 5.60. The second-order valence-corrected chi connectivity index (χ2v) is 6.89. The fourth-order valence-electron chi connectivity index (χ4n) is 3.32. The SMILES string of the molecule is O=C(CCCN1CC=C(c2cccc(C(F)(F)F)c2)CC1)c1ccc(F)cc1. The molecule has 0 fully saturated rings. The third-order valence-electron chi connectivity index (χ3n) is 4.90. The van der Waals surface area contributed by atoms with Gasteiger partial charge in [-0.25, -0.2) is 4.39 Å². The Morgan fingerprint density at radius 2 is 1.82 bits per heavy atom. The molecule has 0 bridgehead atoms. The maximum Gasteiger partial charge on any atom is 0.416 e. The van der Waals surface area contributed by atoms with Gasteiger partial charge in [-0.05, 0) is 66.9 Å². The first kappa shape index (κ1) is 20.3. The van der Waals surface area contributed by atoms with Gasteiger partial charge in [-0.15, -0.1) is 0 Å². The molecule has 0 amide bonds. The van der Waals surface area contributed by atoms with Crippen LogP contribution in [0.4, 0.5) is 17.6 Å². The van der Waals surface area contributed by atoms with Gasteiger partial charge in [0.15, 0.2) is 5.78 Å². The molecule has 148 valence electrons. The number of nitrogens with zero attached hydrogens (tertiary/aromatic N) is 1. The van der Waals surface area contributed by atoms with Gasteiger partial charge in [-0.2, -0.15) is 13.2 Å². The number of hydrogen-bond acceptors (Lipinski definition) is 2. The first-order chi connectivity index (χ1) is 13.3. The summed E-state index contributed by atoms with van der Waals surface area (Å²) < 4.78 is 51.5. The Bertz CT molecular complexity index is 856. The van der Waals surface area contributed by atoms with Crippen LogP contribution in [0.5, 0.6) is 0 Å². The quantitative estimate of drug-likeness (QED) is 0.472. The van der Waals surface area contributed by atoms with Crippen molar-refractivity contribution in [1.29, 1.82) is 0 Å². The average molecular weight is 391 g/mol. The molecule has 0 spiro atoms. The van der Waals surface area contributed by atoms with Crippen LogP contribution < -0.4 is 0 Å². The summed E-state index contributed by atoms with van der Waals surface area (Å²) in [6.45, 7) is 2.13. The number of carbonyl (C=O) groups excluding carboxylic acids is 1. The predicted molar refractivity (Wildman–Crippen MR) is 100 cm³/mol. The number of hydrogen-bond donors (Lipinski definition) is 0. The largest absolute Gasteiger partial charge is 0.416 e. The van der Waals surface area contributed by atoms with E-state index in [1.54, 1.807) is 6.07 Å². The van der Waals surface area contributed by atoms with Crippen molar-refractivity contribution in [1.82, 2.24) is 4.90 Å². The maximum absolute atomic E-state index is 12.9. The zero-order valence-corrected chi connectivity index (χ0v) is 15.3. The zero-order valence-electron chi connectivity index (χ0n) is 15.3. The van der Waals surface area contributed by atoms with E-state index in [1.807, 2.05) is 6.08 Å². The van der Waals surface area contributed by atoms with Gasteiger partial charge in [-0.3, -0.25) is 9.69 Å². The number of halogens is 4. The van der Waals surface area contributed by atoms with Crippen molar-refractivity contribution in [3.05, 3.63) is 77.1 Å². The third kappa shape index (κ3) is 5.29. The number of rotatable bonds is 6. The van der Waals surface area contributed by atoms with Crippen LogP contribution in [0.3, 0.4) is 0 Å². The summed E-state index contributed by atoms with van der Waals surface area (Å²) in [4.78, 5) is 14.3. The second-order valence-electron chi connectivity index (χ2n) is 6.89. The minimum absolute atomic E-state index is 0.0165. The monoisotopic (exact) mass is 391 g/mol. The van der Waals surface area contributed by atoms with Crippen molar-refractivity contribution in [2.75, 3.05) is 19.6 Å². The van der Waals surface area contributed by atoms with E-state index in [0.717, 1.165) is 24.7 Å². The lowest BCUT2D eigenvalue weighted by atomic mass is 9.97. The summed E-state index contributed by atoms with van der Waals surface area (Å²) in [7, 11) is 0. The van der Waals surface area contributed by atoms with Crippen LogP contribution in [0, 0.1) is 5.82 Å². The minimum atomic E-state index is -4.34. The molecule has 0 aliphatic carbocycles. The van der Waals surface area contributed by atoms with Crippen LogP contribution in [0.25, 0.3) is 5.57 Å². The van der Waals surface area contributed by atoms with E-state index < -0.39 is 11.7 Å². The van der Waals surface area contributed by atoms with Gasteiger partial charge >= 0.3 is 6.18 Å². The lowest BCUT2D eigenvalue weighted by molar-refractivity contribution is -0.137. The van der Waals surface area contributed by atoms with Crippen molar-refractivity contribution < 1.29 is 22.4 Å². The van der Waals surface area contributed by atoms with E-state index >= 15 is 0 Å². The third-order valence-corrected chi connectivity index (χ3v) is 4.90. The highest BCUT2D eigenvalue weighted by atomic mass is 19.4. The highest BCUT2D eigenvalue weighted by Crippen LogP contribution is 2.32. The van der Waals surface area contributed by atoms with Crippen LogP contribution in [0.1, 0.15) is 40.7 Å². The van der Waals surface area contributed by atoms with E-state index in [9.17, 15) is 22.4 Å². The summed E-state index contributed by atoms with van der Waals surface area (Å²) in [5, 5.41) is 0. The van der Waals surface area contributed by atoms with E-state index in [1.165, 1.54) is 36.4 Å². The van der Waals surface area contributed by atoms with Gasteiger partial charge in [0, 0.05) is 25.1 Å². The molecule has 0 saturated heterocycles. The Morgan fingerprint density at radius 3 is 2.46 bits per heavy atom. The van der Waals surface area contributed by atoms with E-state index in [0.29, 0.717) is 36.9 Å². The van der Waals surface area contributed by atoms with Crippen molar-refractivity contribution in [2.24, 2.45) is 0 Å².